The van der Waals surface area contributed by atoms with Crippen LogP contribution < -0.4 is 15.4 Å². The van der Waals surface area contributed by atoms with E-state index in [1.54, 1.807) is 24.3 Å². The van der Waals surface area contributed by atoms with Crippen LogP contribution in [0.5, 0.6) is 5.75 Å². The third-order valence-corrected chi connectivity index (χ3v) is 3.81. The Bertz CT molecular complexity index is 658. The lowest BCUT2D eigenvalue weighted by Crippen LogP contribution is -2.61. The molecule has 1 heterocycles. The molecule has 1 aromatic carbocycles. The fourth-order valence-corrected chi connectivity index (χ4v) is 2.44. The van der Waals surface area contributed by atoms with E-state index in [-0.39, 0.29) is 5.92 Å². The summed E-state index contributed by atoms with van der Waals surface area (Å²) in [6.45, 7) is 5.21. The molecule has 0 fully saturated rings. The van der Waals surface area contributed by atoms with E-state index in [0.29, 0.717) is 17.9 Å². The Labute approximate surface area is 140 Å². The second kappa shape index (κ2) is 6.90. The number of rotatable bonds is 5. The van der Waals surface area contributed by atoms with E-state index < -0.39 is 29.4 Å². The van der Waals surface area contributed by atoms with Crippen molar-refractivity contribution in [3.8, 4) is 5.75 Å². The number of hydrogen-bond donors (Lipinski definition) is 2. The lowest BCUT2D eigenvalue weighted by atomic mass is 9.99. The summed E-state index contributed by atoms with van der Waals surface area (Å²) >= 11 is 0. The van der Waals surface area contributed by atoms with Gasteiger partial charge < -0.3 is 20.1 Å². The molecule has 1 aliphatic heterocycles. The molecule has 130 valence electrons. The van der Waals surface area contributed by atoms with Gasteiger partial charge in [-0.15, -0.1) is 0 Å². The number of methoxy groups -OCH3 is 1. The molecule has 0 saturated carbocycles. The first kappa shape index (κ1) is 17.8. The first-order valence-corrected chi connectivity index (χ1v) is 7.76. The van der Waals surface area contributed by atoms with Gasteiger partial charge in [0, 0.05) is 0 Å². The Morgan fingerprint density at radius 1 is 1.33 bits per heavy atom. The van der Waals surface area contributed by atoms with E-state index >= 15 is 0 Å². The first-order valence-electron chi connectivity index (χ1n) is 7.76. The normalized spacial score (nSPS) is 20.5. The fraction of sp³-hybridized carbons (Fsp3) is 0.471. The molecule has 2 N–H and O–H groups in total. The molecule has 0 aromatic heterocycles. The highest BCUT2D eigenvalue weighted by atomic mass is 16.5. The van der Waals surface area contributed by atoms with E-state index in [4.69, 9.17) is 9.47 Å². The number of nitrogens with one attached hydrogen (secondary N) is 2. The van der Waals surface area contributed by atoms with Crippen LogP contribution >= 0.6 is 0 Å². The molecule has 2 rings (SSSR count). The van der Waals surface area contributed by atoms with Gasteiger partial charge in [0.2, 0.25) is 0 Å². The second-order valence-corrected chi connectivity index (χ2v) is 6.26. The molecular weight excluding hydrogens is 312 g/mol. The molecule has 1 aliphatic rings. The molecule has 2 amide bonds. The zero-order valence-electron chi connectivity index (χ0n) is 14.2. The summed E-state index contributed by atoms with van der Waals surface area (Å²) in [5.41, 5.74) is -1.27. The van der Waals surface area contributed by atoms with Gasteiger partial charge >= 0.3 is 5.97 Å². The molecule has 7 heteroatoms. The Kier molecular flexibility index (Phi) is 5.11. The maximum atomic E-state index is 12.6. The van der Waals surface area contributed by atoms with Gasteiger partial charge in [0.25, 0.3) is 17.4 Å². The highest BCUT2D eigenvalue weighted by Gasteiger charge is 2.48. The number of carbonyl (C=O) groups is 3. The van der Waals surface area contributed by atoms with E-state index in [1.165, 1.54) is 14.0 Å². The van der Waals surface area contributed by atoms with Crippen molar-refractivity contribution in [1.29, 1.82) is 0 Å². The monoisotopic (exact) mass is 334 g/mol. The van der Waals surface area contributed by atoms with Crippen molar-refractivity contribution in [3.05, 3.63) is 24.3 Å². The van der Waals surface area contributed by atoms with Crippen LogP contribution in [0.2, 0.25) is 0 Å². The molecule has 0 bridgehead atoms. The third kappa shape index (κ3) is 3.50. The molecular formula is C17H22N2O5. The summed E-state index contributed by atoms with van der Waals surface area (Å²) in [6.07, 6.45) is 0.396. The van der Waals surface area contributed by atoms with Crippen LogP contribution in [0.15, 0.2) is 24.3 Å². The molecule has 0 radical (unpaired) electrons. The van der Waals surface area contributed by atoms with Crippen molar-refractivity contribution in [2.24, 2.45) is 5.92 Å². The summed E-state index contributed by atoms with van der Waals surface area (Å²) in [4.78, 5) is 36.9. The maximum Gasteiger partial charge on any atom is 0.328 e. The highest BCUT2D eigenvalue weighted by Crippen LogP contribution is 2.33. The quantitative estimate of drug-likeness (QED) is 0.628. The highest BCUT2D eigenvalue weighted by molar-refractivity contribution is 6.15. The molecule has 7 nitrogen and oxygen atoms in total. The fourth-order valence-electron chi connectivity index (χ4n) is 2.44. The number of carbonyl (C=O) groups excluding carboxylic acids is 3. The van der Waals surface area contributed by atoms with Gasteiger partial charge in [-0.3, -0.25) is 9.59 Å². The van der Waals surface area contributed by atoms with E-state index in [0.717, 1.165) is 0 Å². The Balaban J connectivity index is 2.21. The molecule has 0 saturated heterocycles. The third-order valence-electron chi connectivity index (χ3n) is 3.81. The number of anilines is 1. The number of fused-ring (bicyclic) bond motifs is 1. The predicted octanol–water partition coefficient (Wildman–Crippen LogP) is 1.48. The largest absolute Gasteiger partial charge is 0.467 e. The SMILES string of the molecule is COC(=O)C(CC(C)C)NC(=O)C1(C)Oc2ccccc2NC1=O. The van der Waals surface area contributed by atoms with Crippen molar-refractivity contribution in [2.75, 3.05) is 12.4 Å². The van der Waals surface area contributed by atoms with Gasteiger partial charge in [0.15, 0.2) is 0 Å². The summed E-state index contributed by atoms with van der Waals surface area (Å²) in [6, 6.07) is 5.99. The van der Waals surface area contributed by atoms with Crippen molar-refractivity contribution in [3.63, 3.8) is 0 Å². The summed E-state index contributed by atoms with van der Waals surface area (Å²) in [7, 11) is 1.25. The number of esters is 1. The van der Waals surface area contributed by atoms with Gasteiger partial charge in [0.1, 0.15) is 11.8 Å². The van der Waals surface area contributed by atoms with Gasteiger partial charge in [-0.2, -0.15) is 0 Å². The van der Waals surface area contributed by atoms with Crippen molar-refractivity contribution in [2.45, 2.75) is 38.8 Å². The molecule has 2 atom stereocenters. The van der Waals surface area contributed by atoms with E-state index in [1.807, 2.05) is 13.8 Å². The average Bonchev–Trinajstić information content (AvgIpc) is 2.54. The smallest absolute Gasteiger partial charge is 0.328 e. The number of hydrogen-bond acceptors (Lipinski definition) is 5. The zero-order valence-corrected chi connectivity index (χ0v) is 14.2. The van der Waals surface area contributed by atoms with Crippen LogP contribution in [0.1, 0.15) is 27.2 Å². The molecule has 2 unspecified atom stereocenters. The minimum absolute atomic E-state index is 0.157. The molecule has 0 aliphatic carbocycles. The average molecular weight is 334 g/mol. The van der Waals surface area contributed by atoms with E-state index in [2.05, 4.69) is 10.6 Å². The van der Waals surface area contributed by atoms with Crippen LogP contribution in [0, 0.1) is 5.92 Å². The molecule has 1 aromatic rings. The Hall–Kier alpha value is -2.57. The molecule has 0 spiro atoms. The summed E-state index contributed by atoms with van der Waals surface area (Å²) in [5.74, 6) is -1.29. The second-order valence-electron chi connectivity index (χ2n) is 6.26. The van der Waals surface area contributed by atoms with Gasteiger partial charge in [-0.05, 0) is 31.4 Å². The minimum atomic E-state index is -1.77. The van der Waals surface area contributed by atoms with Crippen LogP contribution in [0.4, 0.5) is 5.69 Å². The van der Waals surface area contributed by atoms with Crippen molar-refractivity contribution >= 4 is 23.5 Å². The number of para-hydroxylation sites is 2. The zero-order chi connectivity index (χ0) is 17.9. The maximum absolute atomic E-state index is 12.6. The standard InChI is InChI=1S/C17H22N2O5/c1-10(2)9-12(14(20)23-4)19-16(22)17(3)15(21)18-11-7-5-6-8-13(11)24-17/h5-8,10,12H,9H2,1-4H3,(H,18,21)(H,19,22). The van der Waals surface area contributed by atoms with Crippen molar-refractivity contribution in [1.82, 2.24) is 5.32 Å². The minimum Gasteiger partial charge on any atom is -0.467 e. The van der Waals surface area contributed by atoms with Crippen LogP contribution in [-0.2, 0) is 19.1 Å². The number of benzene rings is 1. The lowest BCUT2D eigenvalue weighted by Gasteiger charge is -2.34. The topological polar surface area (TPSA) is 93.7 Å². The predicted molar refractivity (Wildman–Crippen MR) is 87.5 cm³/mol. The molecule has 24 heavy (non-hydrogen) atoms. The van der Waals surface area contributed by atoms with Crippen molar-refractivity contribution < 1.29 is 23.9 Å². The summed E-state index contributed by atoms with van der Waals surface area (Å²) in [5, 5.41) is 5.22. The van der Waals surface area contributed by atoms with Crippen LogP contribution in [0.25, 0.3) is 0 Å². The number of ether oxygens (including phenoxy) is 2. The van der Waals surface area contributed by atoms with Crippen LogP contribution in [-0.4, -0.2) is 36.5 Å². The van der Waals surface area contributed by atoms with E-state index in [9.17, 15) is 14.4 Å². The first-order chi connectivity index (χ1) is 11.3. The Morgan fingerprint density at radius 2 is 2.00 bits per heavy atom. The van der Waals surface area contributed by atoms with Gasteiger partial charge in [-0.25, -0.2) is 4.79 Å². The number of amides is 2. The lowest BCUT2D eigenvalue weighted by molar-refractivity contribution is -0.152. The van der Waals surface area contributed by atoms with Crippen LogP contribution in [0.3, 0.4) is 0 Å². The summed E-state index contributed by atoms with van der Waals surface area (Å²) < 4.78 is 10.4. The van der Waals surface area contributed by atoms with Gasteiger partial charge in [-0.1, -0.05) is 26.0 Å². The Morgan fingerprint density at radius 3 is 2.62 bits per heavy atom. The van der Waals surface area contributed by atoms with Gasteiger partial charge in [0.05, 0.1) is 12.8 Å².